The van der Waals surface area contributed by atoms with Gasteiger partial charge in [0.05, 0.1) is 7.11 Å². The molecule has 0 spiro atoms. The van der Waals surface area contributed by atoms with Crippen LogP contribution in [0.5, 0.6) is 11.5 Å². The highest BCUT2D eigenvalue weighted by atomic mass is 16.5. The minimum atomic E-state index is -0.534. The first-order valence-corrected chi connectivity index (χ1v) is 7.89. The lowest BCUT2D eigenvalue weighted by Crippen LogP contribution is -2.32. The second-order valence-corrected chi connectivity index (χ2v) is 5.55. The van der Waals surface area contributed by atoms with Crippen LogP contribution in [0.4, 0.5) is 0 Å². The molecule has 4 heteroatoms. The average molecular weight is 315 g/mol. The lowest BCUT2D eigenvalue weighted by molar-refractivity contribution is 0.106. The quantitative estimate of drug-likeness (QED) is 0.698. The molecule has 4 nitrogen and oxygen atoms in total. The number of aryl methyl sites for hydroxylation is 1. The fourth-order valence-electron chi connectivity index (χ4n) is 2.36. The van der Waals surface area contributed by atoms with Crippen LogP contribution in [0.25, 0.3) is 0 Å². The van der Waals surface area contributed by atoms with Crippen LogP contribution in [-0.2, 0) is 6.42 Å². The molecule has 0 amide bonds. The molecule has 0 unspecified atom stereocenters. The molecule has 23 heavy (non-hydrogen) atoms. The molecule has 2 aromatic carbocycles. The molecular formula is C19H25NO3. The second kappa shape index (κ2) is 9.18. The summed E-state index contributed by atoms with van der Waals surface area (Å²) in [5.41, 5.74) is 2.31. The molecular weight excluding hydrogens is 290 g/mol. The van der Waals surface area contributed by atoms with Gasteiger partial charge in [-0.2, -0.15) is 0 Å². The number of benzene rings is 2. The van der Waals surface area contributed by atoms with Gasteiger partial charge in [0.25, 0.3) is 0 Å². The van der Waals surface area contributed by atoms with Crippen LogP contribution in [-0.4, -0.2) is 38.0 Å². The van der Waals surface area contributed by atoms with E-state index in [-0.39, 0.29) is 6.61 Å². The number of hydrogen-bond acceptors (Lipinski definition) is 4. The summed E-state index contributed by atoms with van der Waals surface area (Å²) in [6.45, 7) is 3.58. The van der Waals surface area contributed by atoms with Crippen LogP contribution in [0.1, 0.15) is 11.1 Å². The third-order valence-corrected chi connectivity index (χ3v) is 3.58. The predicted molar refractivity (Wildman–Crippen MR) is 92.2 cm³/mol. The summed E-state index contributed by atoms with van der Waals surface area (Å²) in [6, 6.07) is 15.8. The van der Waals surface area contributed by atoms with Crippen molar-refractivity contribution in [2.45, 2.75) is 19.4 Å². The topological polar surface area (TPSA) is 50.7 Å². The van der Waals surface area contributed by atoms with Crippen LogP contribution >= 0.6 is 0 Å². The zero-order chi connectivity index (χ0) is 16.5. The van der Waals surface area contributed by atoms with Gasteiger partial charge in [-0.1, -0.05) is 30.3 Å². The van der Waals surface area contributed by atoms with Gasteiger partial charge in [-0.3, -0.25) is 0 Å². The van der Waals surface area contributed by atoms with E-state index >= 15 is 0 Å². The number of hydrogen-bond donors (Lipinski definition) is 2. The molecule has 1 atom stereocenters. The standard InChI is InChI=1S/C19H25NO3/c1-15-6-5-8-18(12-15)23-14-17(21)13-20-11-10-16-7-3-4-9-19(16)22-2/h3-9,12,17,20-21H,10-11,13-14H2,1-2H3/t17-/m0/s1. The summed E-state index contributed by atoms with van der Waals surface area (Å²) in [7, 11) is 1.68. The third kappa shape index (κ3) is 5.93. The first-order chi connectivity index (χ1) is 11.2. The summed E-state index contributed by atoms with van der Waals surface area (Å²) in [5.74, 6) is 1.69. The van der Waals surface area contributed by atoms with E-state index in [0.717, 1.165) is 35.6 Å². The highest BCUT2D eigenvalue weighted by molar-refractivity contribution is 5.33. The Morgan fingerprint density at radius 1 is 1.13 bits per heavy atom. The number of para-hydroxylation sites is 1. The Kier molecular flexibility index (Phi) is 6.91. The number of aliphatic hydroxyl groups excluding tert-OH is 1. The highest BCUT2D eigenvalue weighted by Crippen LogP contribution is 2.17. The molecule has 2 N–H and O–H groups in total. The van der Waals surface area contributed by atoms with E-state index in [4.69, 9.17) is 9.47 Å². The lowest BCUT2D eigenvalue weighted by Gasteiger charge is -2.14. The largest absolute Gasteiger partial charge is 0.496 e. The monoisotopic (exact) mass is 315 g/mol. The van der Waals surface area contributed by atoms with E-state index < -0.39 is 6.10 Å². The van der Waals surface area contributed by atoms with Gasteiger partial charge in [0.2, 0.25) is 0 Å². The maximum Gasteiger partial charge on any atom is 0.122 e. The molecule has 0 bridgehead atoms. The van der Waals surface area contributed by atoms with Gasteiger partial charge in [-0.05, 0) is 49.2 Å². The molecule has 0 aliphatic heterocycles. The summed E-state index contributed by atoms with van der Waals surface area (Å²) in [5, 5.41) is 13.2. The van der Waals surface area contributed by atoms with Crippen molar-refractivity contribution >= 4 is 0 Å². The van der Waals surface area contributed by atoms with Gasteiger partial charge >= 0.3 is 0 Å². The van der Waals surface area contributed by atoms with E-state index in [1.165, 1.54) is 0 Å². The van der Waals surface area contributed by atoms with Crippen molar-refractivity contribution < 1.29 is 14.6 Å². The molecule has 0 aliphatic carbocycles. The fourth-order valence-corrected chi connectivity index (χ4v) is 2.36. The predicted octanol–water partition coefficient (Wildman–Crippen LogP) is 2.58. The van der Waals surface area contributed by atoms with Crippen LogP contribution in [0.15, 0.2) is 48.5 Å². The number of aliphatic hydroxyl groups is 1. The van der Waals surface area contributed by atoms with Crippen LogP contribution in [0.2, 0.25) is 0 Å². The first-order valence-electron chi connectivity index (χ1n) is 7.89. The Hall–Kier alpha value is -2.04. The lowest BCUT2D eigenvalue weighted by atomic mass is 10.1. The van der Waals surface area contributed by atoms with E-state index in [1.807, 2.05) is 49.4 Å². The SMILES string of the molecule is COc1ccccc1CCNC[C@H](O)COc1cccc(C)c1. The molecule has 2 rings (SSSR count). The molecule has 0 radical (unpaired) electrons. The van der Waals surface area contributed by atoms with Crippen molar-refractivity contribution in [2.75, 3.05) is 26.8 Å². The minimum absolute atomic E-state index is 0.283. The Balaban J connectivity index is 1.66. The maximum atomic E-state index is 9.97. The van der Waals surface area contributed by atoms with Gasteiger partial charge in [0, 0.05) is 6.54 Å². The van der Waals surface area contributed by atoms with Crippen molar-refractivity contribution in [2.24, 2.45) is 0 Å². The molecule has 124 valence electrons. The van der Waals surface area contributed by atoms with Gasteiger partial charge in [0.15, 0.2) is 0 Å². The molecule has 0 fully saturated rings. The van der Waals surface area contributed by atoms with E-state index in [1.54, 1.807) is 7.11 Å². The molecule has 0 aliphatic rings. The number of methoxy groups -OCH3 is 1. The maximum absolute atomic E-state index is 9.97. The number of ether oxygens (including phenoxy) is 2. The fraction of sp³-hybridized carbons (Fsp3) is 0.368. The number of rotatable bonds is 9. The first kappa shape index (κ1) is 17.3. The van der Waals surface area contributed by atoms with E-state index in [0.29, 0.717) is 6.54 Å². The van der Waals surface area contributed by atoms with Crippen LogP contribution < -0.4 is 14.8 Å². The minimum Gasteiger partial charge on any atom is -0.496 e. The summed E-state index contributed by atoms with van der Waals surface area (Å²) < 4.78 is 10.9. The summed E-state index contributed by atoms with van der Waals surface area (Å²) in [6.07, 6.45) is 0.323. The van der Waals surface area contributed by atoms with E-state index in [2.05, 4.69) is 11.4 Å². The van der Waals surface area contributed by atoms with Crippen molar-refractivity contribution in [3.05, 3.63) is 59.7 Å². The van der Waals surface area contributed by atoms with Crippen molar-refractivity contribution in [1.82, 2.24) is 5.32 Å². The van der Waals surface area contributed by atoms with Gasteiger partial charge in [-0.25, -0.2) is 0 Å². The third-order valence-electron chi connectivity index (χ3n) is 3.58. The number of nitrogens with one attached hydrogen (secondary N) is 1. The normalized spacial score (nSPS) is 12.0. The molecule has 0 heterocycles. The van der Waals surface area contributed by atoms with Crippen LogP contribution in [0, 0.1) is 6.92 Å². The zero-order valence-electron chi connectivity index (χ0n) is 13.8. The molecule has 0 saturated heterocycles. The Labute approximate surface area is 138 Å². The Bertz CT molecular complexity index is 601. The van der Waals surface area contributed by atoms with Gasteiger partial charge in [0.1, 0.15) is 24.2 Å². The molecule has 2 aromatic rings. The summed E-state index contributed by atoms with van der Waals surface area (Å²) >= 11 is 0. The zero-order valence-corrected chi connectivity index (χ0v) is 13.8. The highest BCUT2D eigenvalue weighted by Gasteiger charge is 2.06. The van der Waals surface area contributed by atoms with Gasteiger partial charge < -0.3 is 19.9 Å². The van der Waals surface area contributed by atoms with Crippen molar-refractivity contribution in [3.63, 3.8) is 0 Å². The van der Waals surface area contributed by atoms with Gasteiger partial charge in [-0.15, -0.1) is 0 Å². The molecule has 0 aromatic heterocycles. The molecule has 0 saturated carbocycles. The Morgan fingerprint density at radius 3 is 2.74 bits per heavy atom. The van der Waals surface area contributed by atoms with Crippen LogP contribution in [0.3, 0.4) is 0 Å². The van der Waals surface area contributed by atoms with E-state index in [9.17, 15) is 5.11 Å². The second-order valence-electron chi connectivity index (χ2n) is 5.55. The van der Waals surface area contributed by atoms with Crippen molar-refractivity contribution in [3.8, 4) is 11.5 Å². The smallest absolute Gasteiger partial charge is 0.122 e. The van der Waals surface area contributed by atoms with Crippen molar-refractivity contribution in [1.29, 1.82) is 0 Å². The Morgan fingerprint density at radius 2 is 1.96 bits per heavy atom. The average Bonchev–Trinajstić information content (AvgIpc) is 2.57. The summed E-state index contributed by atoms with van der Waals surface area (Å²) in [4.78, 5) is 0.